The fourth-order valence-corrected chi connectivity index (χ4v) is 6.19. The monoisotopic (exact) mass is 627 g/mol. The zero-order valence-corrected chi connectivity index (χ0v) is 27.0. The molecule has 3 aromatic carbocycles. The number of unbranched alkanes of at least 4 members (excludes halogenated alkanes) is 1. The van der Waals surface area contributed by atoms with Crippen LogP contribution in [0.4, 0.5) is 5.69 Å². The topological polar surface area (TPSA) is 105 Å². The van der Waals surface area contributed by atoms with Gasteiger partial charge in [0.2, 0.25) is 11.8 Å². The Kier molecular flexibility index (Phi) is 12.8. The summed E-state index contributed by atoms with van der Waals surface area (Å²) in [5, 5.41) is 2.89. The molecule has 3 rings (SSSR count). The molecule has 0 aliphatic rings. The SMILES string of the molecule is CCCCNC(=O)[C@@H](C)N(Cc1cccc(OC)c1)C(=O)CN(c1ccc(OCC)cc1)S(=O)(=O)c1ccc(SC)cc1. The number of hydrogen-bond donors (Lipinski definition) is 1. The van der Waals surface area contributed by atoms with Crippen molar-refractivity contribution >= 4 is 39.3 Å². The van der Waals surface area contributed by atoms with Crippen LogP contribution in [-0.2, 0) is 26.2 Å². The standard InChI is InChI=1S/C32H41N3O6S2/c1-6-8-20-33-32(37)24(3)34(22-25-10-9-11-28(21-25)40-4)31(36)23-35(26-12-14-27(15-13-26)41-7-2)43(38,39)30-18-16-29(42-5)17-19-30/h9-19,21,24H,6-8,20,22-23H2,1-5H3,(H,33,37)/t24-/m1/s1. The molecule has 0 unspecified atom stereocenters. The largest absolute Gasteiger partial charge is 0.497 e. The quantitative estimate of drug-likeness (QED) is 0.169. The lowest BCUT2D eigenvalue weighted by molar-refractivity contribution is -0.139. The number of carbonyl (C=O) groups is 2. The summed E-state index contributed by atoms with van der Waals surface area (Å²) in [6.07, 6.45) is 3.63. The molecule has 11 heteroatoms. The van der Waals surface area contributed by atoms with E-state index in [1.165, 1.54) is 28.8 Å². The van der Waals surface area contributed by atoms with Crippen LogP contribution in [0.1, 0.15) is 39.2 Å². The van der Waals surface area contributed by atoms with Gasteiger partial charge in [0.1, 0.15) is 24.1 Å². The van der Waals surface area contributed by atoms with Gasteiger partial charge in [-0.2, -0.15) is 0 Å². The Bertz CT molecular complexity index is 1450. The van der Waals surface area contributed by atoms with E-state index < -0.39 is 28.5 Å². The van der Waals surface area contributed by atoms with Gasteiger partial charge < -0.3 is 19.7 Å². The van der Waals surface area contributed by atoms with Crippen LogP contribution >= 0.6 is 11.8 Å². The van der Waals surface area contributed by atoms with Gasteiger partial charge in [-0.05, 0) is 92.8 Å². The Morgan fingerprint density at radius 2 is 1.67 bits per heavy atom. The highest BCUT2D eigenvalue weighted by Gasteiger charge is 2.32. The zero-order valence-electron chi connectivity index (χ0n) is 25.4. The van der Waals surface area contributed by atoms with E-state index in [4.69, 9.17) is 9.47 Å². The predicted octanol–water partition coefficient (Wildman–Crippen LogP) is 5.34. The molecule has 9 nitrogen and oxygen atoms in total. The van der Waals surface area contributed by atoms with Gasteiger partial charge in [0.05, 0.1) is 24.3 Å². The van der Waals surface area contributed by atoms with Crippen molar-refractivity contribution in [1.29, 1.82) is 0 Å². The Morgan fingerprint density at radius 3 is 2.28 bits per heavy atom. The molecule has 0 aliphatic heterocycles. The third kappa shape index (κ3) is 9.14. The summed E-state index contributed by atoms with van der Waals surface area (Å²) in [7, 11) is -2.61. The molecular weight excluding hydrogens is 587 g/mol. The molecule has 0 fully saturated rings. The molecule has 0 aromatic heterocycles. The van der Waals surface area contributed by atoms with Crippen molar-refractivity contribution in [2.45, 2.75) is 56.0 Å². The first-order valence-electron chi connectivity index (χ1n) is 14.2. The smallest absolute Gasteiger partial charge is 0.264 e. The minimum Gasteiger partial charge on any atom is -0.497 e. The number of benzene rings is 3. The van der Waals surface area contributed by atoms with E-state index in [2.05, 4.69) is 5.32 Å². The van der Waals surface area contributed by atoms with E-state index in [1.54, 1.807) is 68.6 Å². The number of methoxy groups -OCH3 is 1. The molecule has 0 bridgehead atoms. The minimum atomic E-state index is -4.16. The van der Waals surface area contributed by atoms with Gasteiger partial charge in [0, 0.05) is 18.0 Å². The Morgan fingerprint density at radius 1 is 0.977 bits per heavy atom. The molecule has 0 saturated heterocycles. The second-order valence-corrected chi connectivity index (χ2v) is 12.5. The molecule has 2 amide bonds. The van der Waals surface area contributed by atoms with Crippen LogP contribution in [0.25, 0.3) is 0 Å². The average molecular weight is 628 g/mol. The Balaban J connectivity index is 2.02. The van der Waals surface area contributed by atoms with Crippen LogP contribution in [0.5, 0.6) is 11.5 Å². The minimum absolute atomic E-state index is 0.0525. The Hall–Kier alpha value is -3.70. The van der Waals surface area contributed by atoms with Gasteiger partial charge in [-0.25, -0.2) is 8.42 Å². The van der Waals surface area contributed by atoms with Crippen molar-refractivity contribution < 1.29 is 27.5 Å². The van der Waals surface area contributed by atoms with Crippen molar-refractivity contribution in [3.05, 3.63) is 78.4 Å². The Labute approximate surface area is 259 Å². The van der Waals surface area contributed by atoms with Gasteiger partial charge >= 0.3 is 0 Å². The van der Waals surface area contributed by atoms with Crippen molar-refractivity contribution in [1.82, 2.24) is 10.2 Å². The molecule has 0 aliphatic carbocycles. The number of rotatable bonds is 16. The molecule has 0 saturated carbocycles. The van der Waals surface area contributed by atoms with Gasteiger partial charge in [-0.15, -0.1) is 11.8 Å². The second kappa shape index (κ2) is 16.2. The van der Waals surface area contributed by atoms with Gasteiger partial charge in [-0.1, -0.05) is 25.5 Å². The van der Waals surface area contributed by atoms with E-state index in [1.807, 2.05) is 26.2 Å². The van der Waals surface area contributed by atoms with E-state index in [0.717, 1.165) is 27.6 Å². The number of hydrogen-bond acceptors (Lipinski definition) is 7. The van der Waals surface area contributed by atoms with Crippen molar-refractivity contribution in [3.63, 3.8) is 0 Å². The third-order valence-electron chi connectivity index (χ3n) is 6.85. The molecule has 1 N–H and O–H groups in total. The summed E-state index contributed by atoms with van der Waals surface area (Å²) in [5.74, 6) is 0.348. The molecule has 0 spiro atoms. The third-order valence-corrected chi connectivity index (χ3v) is 9.38. The van der Waals surface area contributed by atoms with Gasteiger partial charge in [0.25, 0.3) is 10.0 Å². The number of ether oxygens (including phenoxy) is 2. The van der Waals surface area contributed by atoms with Crippen LogP contribution in [-0.4, -0.2) is 64.2 Å². The molecule has 0 radical (unpaired) electrons. The zero-order chi connectivity index (χ0) is 31.4. The van der Waals surface area contributed by atoms with E-state index in [0.29, 0.717) is 30.3 Å². The van der Waals surface area contributed by atoms with Crippen LogP contribution in [0.2, 0.25) is 0 Å². The summed E-state index contributed by atoms with van der Waals surface area (Å²) in [5.41, 5.74) is 1.04. The number of anilines is 1. The van der Waals surface area contributed by atoms with E-state index in [-0.39, 0.29) is 17.3 Å². The highest BCUT2D eigenvalue weighted by atomic mass is 32.2. The van der Waals surface area contributed by atoms with Gasteiger partial charge in [-0.3, -0.25) is 13.9 Å². The van der Waals surface area contributed by atoms with Crippen molar-refractivity contribution in [3.8, 4) is 11.5 Å². The van der Waals surface area contributed by atoms with Crippen LogP contribution < -0.4 is 19.1 Å². The number of thioether (sulfide) groups is 1. The maximum absolute atomic E-state index is 14.1. The van der Waals surface area contributed by atoms with E-state index >= 15 is 0 Å². The highest BCUT2D eigenvalue weighted by molar-refractivity contribution is 7.98. The lowest BCUT2D eigenvalue weighted by Gasteiger charge is -2.32. The first-order valence-corrected chi connectivity index (χ1v) is 16.9. The molecular formula is C32H41N3O6S2. The lowest BCUT2D eigenvalue weighted by Crippen LogP contribution is -2.51. The number of amides is 2. The predicted molar refractivity (Wildman–Crippen MR) is 171 cm³/mol. The van der Waals surface area contributed by atoms with Gasteiger partial charge in [0.15, 0.2) is 0 Å². The normalized spacial score (nSPS) is 11.8. The summed E-state index contributed by atoms with van der Waals surface area (Å²) >= 11 is 1.50. The lowest BCUT2D eigenvalue weighted by atomic mass is 10.1. The van der Waals surface area contributed by atoms with Crippen LogP contribution in [0.3, 0.4) is 0 Å². The molecule has 3 aromatic rings. The fraction of sp³-hybridized carbons (Fsp3) is 0.375. The second-order valence-electron chi connectivity index (χ2n) is 9.81. The summed E-state index contributed by atoms with van der Waals surface area (Å²) in [6.45, 7) is 6.04. The molecule has 43 heavy (non-hydrogen) atoms. The maximum atomic E-state index is 14.1. The van der Waals surface area contributed by atoms with Crippen molar-refractivity contribution in [2.24, 2.45) is 0 Å². The number of carbonyl (C=O) groups excluding carboxylic acids is 2. The first-order chi connectivity index (χ1) is 20.6. The molecule has 232 valence electrons. The van der Waals surface area contributed by atoms with E-state index in [9.17, 15) is 18.0 Å². The number of nitrogens with one attached hydrogen (secondary N) is 1. The van der Waals surface area contributed by atoms with Crippen LogP contribution in [0.15, 0.2) is 82.6 Å². The van der Waals surface area contributed by atoms with Crippen molar-refractivity contribution in [2.75, 3.05) is 37.4 Å². The van der Waals surface area contributed by atoms with Crippen LogP contribution in [0, 0.1) is 0 Å². The highest BCUT2D eigenvalue weighted by Crippen LogP contribution is 2.28. The average Bonchev–Trinajstić information content (AvgIpc) is 3.02. The molecule has 0 heterocycles. The summed E-state index contributed by atoms with van der Waals surface area (Å²) in [4.78, 5) is 29.6. The maximum Gasteiger partial charge on any atom is 0.264 e. The first kappa shape index (κ1) is 33.8. The summed E-state index contributed by atoms with van der Waals surface area (Å²) in [6, 6.07) is 19.4. The summed E-state index contributed by atoms with van der Waals surface area (Å²) < 4.78 is 40.1. The number of sulfonamides is 1. The number of nitrogens with zero attached hydrogens (tertiary/aromatic N) is 2. The fourth-order valence-electron chi connectivity index (χ4n) is 4.37. The molecule has 1 atom stereocenters.